The lowest BCUT2D eigenvalue weighted by Gasteiger charge is -2.13. The first-order valence-electron chi connectivity index (χ1n) is 5.70. The van der Waals surface area contributed by atoms with Crippen LogP contribution in [0.5, 0.6) is 0 Å². The van der Waals surface area contributed by atoms with Crippen LogP contribution in [0.3, 0.4) is 0 Å². The second kappa shape index (κ2) is 4.98. The van der Waals surface area contributed by atoms with E-state index in [1.807, 2.05) is 23.1 Å². The minimum Gasteiger partial charge on any atom is -0.387 e. The highest BCUT2D eigenvalue weighted by atomic mass is 32.1. The molecule has 4 nitrogen and oxygen atoms in total. The van der Waals surface area contributed by atoms with E-state index in [1.165, 1.54) is 0 Å². The maximum atomic E-state index is 10.2. The maximum Gasteiger partial charge on any atom is 0.138 e. The van der Waals surface area contributed by atoms with Crippen molar-refractivity contribution < 1.29 is 5.11 Å². The Bertz CT molecular complexity index is 489. The van der Waals surface area contributed by atoms with Crippen molar-refractivity contribution in [3.8, 4) is 0 Å². The van der Waals surface area contributed by atoms with Gasteiger partial charge in [-0.1, -0.05) is 0 Å². The summed E-state index contributed by atoms with van der Waals surface area (Å²) < 4.78 is 1.85. The van der Waals surface area contributed by atoms with Crippen LogP contribution in [-0.4, -0.2) is 19.9 Å². The van der Waals surface area contributed by atoms with Gasteiger partial charge >= 0.3 is 0 Å². The van der Waals surface area contributed by atoms with Crippen molar-refractivity contribution in [1.82, 2.24) is 14.8 Å². The van der Waals surface area contributed by atoms with Gasteiger partial charge in [-0.05, 0) is 37.8 Å². The summed E-state index contributed by atoms with van der Waals surface area (Å²) in [5.74, 6) is 0.834. The SMILES string of the molecule is Cc1ccsc1C(O)Cc1ncnn1C(C)C. The normalized spacial score (nSPS) is 13.2. The Kier molecular flexibility index (Phi) is 3.59. The molecular formula is C12H17N3OS. The second-order valence-corrected chi connectivity index (χ2v) is 5.35. The van der Waals surface area contributed by atoms with Crippen molar-refractivity contribution in [2.45, 2.75) is 39.3 Å². The average molecular weight is 251 g/mol. The van der Waals surface area contributed by atoms with E-state index in [0.29, 0.717) is 6.42 Å². The first-order valence-corrected chi connectivity index (χ1v) is 6.58. The molecule has 92 valence electrons. The molecular weight excluding hydrogens is 234 g/mol. The minimum atomic E-state index is -0.489. The minimum absolute atomic E-state index is 0.268. The summed E-state index contributed by atoms with van der Waals surface area (Å²) >= 11 is 1.59. The molecule has 0 saturated heterocycles. The fourth-order valence-corrected chi connectivity index (χ4v) is 2.76. The highest BCUT2D eigenvalue weighted by molar-refractivity contribution is 7.10. The summed E-state index contributed by atoms with van der Waals surface area (Å²) in [6, 6.07) is 2.29. The number of aromatic nitrogens is 3. The first kappa shape index (κ1) is 12.3. The van der Waals surface area contributed by atoms with Crippen LogP contribution in [0.15, 0.2) is 17.8 Å². The van der Waals surface area contributed by atoms with E-state index < -0.39 is 6.10 Å². The maximum absolute atomic E-state index is 10.2. The number of rotatable bonds is 4. The van der Waals surface area contributed by atoms with E-state index in [0.717, 1.165) is 16.3 Å². The molecule has 17 heavy (non-hydrogen) atoms. The van der Waals surface area contributed by atoms with Crippen LogP contribution in [-0.2, 0) is 6.42 Å². The van der Waals surface area contributed by atoms with Crippen molar-refractivity contribution in [2.75, 3.05) is 0 Å². The zero-order valence-corrected chi connectivity index (χ0v) is 11.1. The fraction of sp³-hybridized carbons (Fsp3) is 0.500. The second-order valence-electron chi connectivity index (χ2n) is 4.40. The Morgan fingerprint density at radius 2 is 2.24 bits per heavy atom. The van der Waals surface area contributed by atoms with Crippen molar-refractivity contribution in [3.63, 3.8) is 0 Å². The zero-order chi connectivity index (χ0) is 12.4. The molecule has 1 unspecified atom stereocenters. The molecule has 5 heteroatoms. The Morgan fingerprint density at radius 3 is 2.82 bits per heavy atom. The molecule has 0 aromatic carbocycles. The van der Waals surface area contributed by atoms with E-state index in [1.54, 1.807) is 17.7 Å². The van der Waals surface area contributed by atoms with Gasteiger partial charge in [-0.3, -0.25) is 0 Å². The quantitative estimate of drug-likeness (QED) is 0.908. The number of aliphatic hydroxyl groups is 1. The van der Waals surface area contributed by atoms with Gasteiger partial charge in [0, 0.05) is 17.3 Å². The molecule has 0 aliphatic carbocycles. The third-order valence-electron chi connectivity index (χ3n) is 2.72. The molecule has 0 amide bonds. The molecule has 2 heterocycles. The van der Waals surface area contributed by atoms with Crippen LogP contribution < -0.4 is 0 Å². The van der Waals surface area contributed by atoms with Crippen LogP contribution >= 0.6 is 11.3 Å². The van der Waals surface area contributed by atoms with Crippen LogP contribution in [0.2, 0.25) is 0 Å². The van der Waals surface area contributed by atoms with Crippen molar-refractivity contribution in [1.29, 1.82) is 0 Å². The Morgan fingerprint density at radius 1 is 1.47 bits per heavy atom. The third kappa shape index (κ3) is 2.56. The average Bonchev–Trinajstić information content (AvgIpc) is 2.86. The summed E-state index contributed by atoms with van der Waals surface area (Å²) in [4.78, 5) is 5.23. The van der Waals surface area contributed by atoms with Crippen molar-refractivity contribution in [2.24, 2.45) is 0 Å². The van der Waals surface area contributed by atoms with Crippen molar-refractivity contribution in [3.05, 3.63) is 34.0 Å². The largest absolute Gasteiger partial charge is 0.387 e. The zero-order valence-electron chi connectivity index (χ0n) is 10.3. The smallest absolute Gasteiger partial charge is 0.138 e. The molecule has 0 aliphatic heterocycles. The topological polar surface area (TPSA) is 50.9 Å². The van der Waals surface area contributed by atoms with Gasteiger partial charge in [0.1, 0.15) is 12.2 Å². The van der Waals surface area contributed by atoms with Gasteiger partial charge in [0.15, 0.2) is 0 Å². The fourth-order valence-electron chi connectivity index (χ4n) is 1.84. The third-order valence-corrected chi connectivity index (χ3v) is 3.84. The van der Waals surface area contributed by atoms with Crippen LogP contribution in [0.25, 0.3) is 0 Å². The lowest BCUT2D eigenvalue weighted by atomic mass is 10.1. The lowest BCUT2D eigenvalue weighted by molar-refractivity contribution is 0.176. The molecule has 0 radical (unpaired) electrons. The highest BCUT2D eigenvalue weighted by Gasteiger charge is 2.17. The van der Waals surface area contributed by atoms with E-state index in [4.69, 9.17) is 0 Å². The van der Waals surface area contributed by atoms with E-state index in [2.05, 4.69) is 23.9 Å². The molecule has 2 rings (SSSR count). The first-order chi connectivity index (χ1) is 8.09. The monoisotopic (exact) mass is 251 g/mol. The summed E-state index contributed by atoms with van der Waals surface area (Å²) in [7, 11) is 0. The molecule has 0 aliphatic rings. The van der Waals surface area contributed by atoms with Crippen LogP contribution in [0.1, 0.15) is 42.3 Å². The van der Waals surface area contributed by atoms with Gasteiger partial charge in [0.2, 0.25) is 0 Å². The highest BCUT2D eigenvalue weighted by Crippen LogP contribution is 2.26. The summed E-state index contributed by atoms with van der Waals surface area (Å²) in [5, 5.41) is 16.4. The Hall–Kier alpha value is -1.20. The van der Waals surface area contributed by atoms with Gasteiger partial charge in [0.05, 0.1) is 6.10 Å². The molecule has 0 spiro atoms. The predicted molar refractivity (Wildman–Crippen MR) is 68.1 cm³/mol. The molecule has 1 N–H and O–H groups in total. The van der Waals surface area contributed by atoms with Crippen molar-refractivity contribution >= 4 is 11.3 Å². The van der Waals surface area contributed by atoms with E-state index in [-0.39, 0.29) is 6.04 Å². The summed E-state index contributed by atoms with van der Waals surface area (Å²) in [5.41, 5.74) is 1.14. The van der Waals surface area contributed by atoms with E-state index in [9.17, 15) is 5.11 Å². The number of hydrogen-bond acceptors (Lipinski definition) is 4. The predicted octanol–water partition coefficient (Wildman–Crippen LogP) is 2.51. The molecule has 0 fully saturated rings. The van der Waals surface area contributed by atoms with Gasteiger partial charge in [0.25, 0.3) is 0 Å². The standard InChI is InChI=1S/C12H17N3OS/c1-8(2)15-11(13-7-14-15)6-10(16)12-9(3)4-5-17-12/h4-5,7-8,10,16H,6H2,1-3H3. The molecule has 1 atom stereocenters. The van der Waals surface area contributed by atoms with Crippen LogP contribution in [0, 0.1) is 6.92 Å². The number of hydrogen-bond donors (Lipinski definition) is 1. The molecule has 2 aromatic heterocycles. The Labute approximate surface area is 105 Å². The molecule has 0 bridgehead atoms. The van der Waals surface area contributed by atoms with Gasteiger partial charge in [-0.25, -0.2) is 9.67 Å². The number of nitrogens with zero attached hydrogens (tertiary/aromatic N) is 3. The summed E-state index contributed by atoms with van der Waals surface area (Å²) in [6.45, 7) is 6.13. The molecule has 2 aromatic rings. The summed E-state index contributed by atoms with van der Waals surface area (Å²) in [6.07, 6.45) is 1.57. The van der Waals surface area contributed by atoms with Gasteiger partial charge < -0.3 is 5.11 Å². The molecule has 0 saturated carbocycles. The van der Waals surface area contributed by atoms with E-state index >= 15 is 0 Å². The van der Waals surface area contributed by atoms with Crippen LogP contribution in [0.4, 0.5) is 0 Å². The number of aliphatic hydroxyl groups excluding tert-OH is 1. The van der Waals surface area contributed by atoms with Gasteiger partial charge in [-0.2, -0.15) is 5.10 Å². The number of thiophene rings is 1. The van der Waals surface area contributed by atoms with Gasteiger partial charge in [-0.15, -0.1) is 11.3 Å². The Balaban J connectivity index is 2.16. The number of aryl methyl sites for hydroxylation is 1. The lowest BCUT2D eigenvalue weighted by Crippen LogP contribution is -2.12.